The Bertz CT molecular complexity index is 242. The highest BCUT2D eigenvalue weighted by molar-refractivity contribution is 8.05. The Labute approximate surface area is 92.8 Å². The Kier molecular flexibility index (Phi) is 5.01. The van der Waals surface area contributed by atoms with Gasteiger partial charge in [0.2, 0.25) is 0 Å². The molecule has 15 heavy (non-hydrogen) atoms. The molecule has 0 spiro atoms. The molecule has 0 rings (SSSR count). The van der Waals surface area contributed by atoms with Crippen molar-refractivity contribution in [3.63, 3.8) is 0 Å². The topological polar surface area (TPSA) is 9.23 Å². The van der Waals surface area contributed by atoms with Gasteiger partial charge in [-0.25, -0.2) is 0 Å². The monoisotopic (exact) mass is 240 g/mol. The fourth-order valence-electron chi connectivity index (χ4n) is 1.47. The quantitative estimate of drug-likeness (QED) is 0.697. The molecule has 0 aliphatic carbocycles. The summed E-state index contributed by atoms with van der Waals surface area (Å²) < 4.78 is 41.7. The summed E-state index contributed by atoms with van der Waals surface area (Å²) in [5, 5.41) is 2.30. The molecule has 5 heteroatoms. The predicted molar refractivity (Wildman–Crippen MR) is 56.5 cm³/mol. The first kappa shape index (κ1) is 14.7. The molecule has 0 saturated carbocycles. The number of thioether (sulfide) groups is 1. The van der Waals surface area contributed by atoms with Gasteiger partial charge in [0.15, 0.2) is 0 Å². The third kappa shape index (κ3) is 3.96. The summed E-state index contributed by atoms with van der Waals surface area (Å²) in [7, 11) is 1.27. The van der Waals surface area contributed by atoms with Gasteiger partial charge in [-0.15, -0.1) is 6.42 Å². The van der Waals surface area contributed by atoms with Crippen LogP contribution in [0.4, 0.5) is 13.2 Å². The van der Waals surface area contributed by atoms with Crippen LogP contribution < -0.4 is 0 Å². The summed E-state index contributed by atoms with van der Waals surface area (Å²) in [6.45, 7) is 4.40. The van der Waals surface area contributed by atoms with E-state index in [1.165, 1.54) is 7.11 Å². The summed E-state index contributed by atoms with van der Waals surface area (Å²) >= 11 is 1.01. The van der Waals surface area contributed by atoms with Crippen molar-refractivity contribution >= 4 is 11.8 Å². The summed E-state index contributed by atoms with van der Waals surface area (Å²) in [5.41, 5.74) is 0. The lowest BCUT2D eigenvalue weighted by atomic mass is 9.93. The Morgan fingerprint density at radius 1 is 1.33 bits per heavy atom. The van der Waals surface area contributed by atoms with E-state index in [0.717, 1.165) is 18.7 Å². The van der Waals surface area contributed by atoms with E-state index >= 15 is 0 Å². The lowest BCUT2D eigenvalue weighted by Crippen LogP contribution is -2.45. The van der Waals surface area contributed by atoms with Crippen molar-refractivity contribution in [2.75, 3.05) is 7.11 Å². The molecule has 0 bridgehead atoms. The maximum atomic E-state index is 12.5. The van der Waals surface area contributed by atoms with E-state index in [-0.39, 0.29) is 0 Å². The second-order valence-electron chi connectivity index (χ2n) is 3.81. The molecule has 2 atom stereocenters. The minimum absolute atomic E-state index is 0.765. The maximum absolute atomic E-state index is 12.5. The van der Waals surface area contributed by atoms with Crippen molar-refractivity contribution in [2.24, 2.45) is 5.92 Å². The third-order valence-corrected chi connectivity index (χ3v) is 3.11. The number of ether oxygens (including phenoxy) is 1. The van der Waals surface area contributed by atoms with Crippen LogP contribution in [0.3, 0.4) is 0 Å². The van der Waals surface area contributed by atoms with Gasteiger partial charge in [0.25, 0.3) is 0 Å². The van der Waals surface area contributed by atoms with E-state index in [0.29, 0.717) is 0 Å². The lowest BCUT2D eigenvalue weighted by Gasteiger charge is -2.35. The van der Waals surface area contributed by atoms with Crippen LogP contribution in [-0.2, 0) is 4.74 Å². The van der Waals surface area contributed by atoms with Crippen molar-refractivity contribution in [1.82, 2.24) is 0 Å². The number of hydrogen-bond acceptors (Lipinski definition) is 2. The number of hydrogen-bond donors (Lipinski definition) is 0. The molecule has 88 valence electrons. The fraction of sp³-hybridized carbons (Fsp3) is 0.800. The molecule has 0 amide bonds. The lowest BCUT2D eigenvalue weighted by molar-refractivity contribution is -0.201. The zero-order chi connectivity index (χ0) is 12.3. The SMILES string of the molecule is C#CSC(C)(C)C(OC)C(C)C(F)(F)F. The molecule has 0 fully saturated rings. The molecule has 0 aromatic rings. The Morgan fingerprint density at radius 2 is 1.80 bits per heavy atom. The molecular weight excluding hydrogens is 225 g/mol. The van der Waals surface area contributed by atoms with E-state index in [2.05, 4.69) is 5.25 Å². The minimum atomic E-state index is -4.27. The van der Waals surface area contributed by atoms with Gasteiger partial charge in [-0.1, -0.05) is 18.7 Å². The van der Waals surface area contributed by atoms with Crippen LogP contribution in [0.1, 0.15) is 20.8 Å². The van der Waals surface area contributed by atoms with Gasteiger partial charge < -0.3 is 4.74 Å². The largest absolute Gasteiger partial charge is 0.394 e. The van der Waals surface area contributed by atoms with Crippen LogP contribution in [0.25, 0.3) is 0 Å². The maximum Gasteiger partial charge on any atom is 0.394 e. The van der Waals surface area contributed by atoms with Crippen molar-refractivity contribution in [2.45, 2.75) is 37.8 Å². The van der Waals surface area contributed by atoms with Crippen LogP contribution in [0.2, 0.25) is 0 Å². The normalized spacial score (nSPS) is 16.9. The zero-order valence-corrected chi connectivity index (χ0v) is 10.00. The van der Waals surface area contributed by atoms with Gasteiger partial charge in [0.05, 0.1) is 12.0 Å². The van der Waals surface area contributed by atoms with Gasteiger partial charge in [0, 0.05) is 11.9 Å². The summed E-state index contributed by atoms with van der Waals surface area (Å²) in [4.78, 5) is 0. The van der Waals surface area contributed by atoms with Crippen LogP contribution >= 0.6 is 11.8 Å². The van der Waals surface area contributed by atoms with Crippen LogP contribution in [-0.4, -0.2) is 24.1 Å². The average Bonchev–Trinajstić information content (AvgIpc) is 2.02. The van der Waals surface area contributed by atoms with Crippen LogP contribution in [0.5, 0.6) is 0 Å². The fourth-order valence-corrected chi connectivity index (χ4v) is 2.19. The second kappa shape index (κ2) is 5.13. The Balaban J connectivity index is 4.85. The van der Waals surface area contributed by atoms with E-state index in [4.69, 9.17) is 11.2 Å². The van der Waals surface area contributed by atoms with Gasteiger partial charge in [0.1, 0.15) is 0 Å². The van der Waals surface area contributed by atoms with Gasteiger partial charge >= 0.3 is 6.18 Å². The Morgan fingerprint density at radius 3 is 2.07 bits per heavy atom. The first-order valence-electron chi connectivity index (χ1n) is 4.40. The smallest absolute Gasteiger partial charge is 0.379 e. The molecule has 0 saturated heterocycles. The zero-order valence-electron chi connectivity index (χ0n) is 9.18. The highest BCUT2D eigenvalue weighted by Gasteiger charge is 2.47. The van der Waals surface area contributed by atoms with Crippen molar-refractivity contribution in [3.05, 3.63) is 0 Å². The predicted octanol–water partition coefficient (Wildman–Crippen LogP) is 3.30. The first-order chi connectivity index (χ1) is 6.66. The summed E-state index contributed by atoms with van der Waals surface area (Å²) in [5.74, 6) is -1.54. The average molecular weight is 240 g/mol. The molecule has 2 unspecified atom stereocenters. The number of terminal acetylenes is 1. The molecule has 0 aromatic carbocycles. The first-order valence-corrected chi connectivity index (χ1v) is 5.21. The number of rotatable bonds is 4. The second-order valence-corrected chi connectivity index (χ2v) is 5.30. The highest BCUT2D eigenvalue weighted by Crippen LogP contribution is 2.39. The molecule has 0 N–H and O–H groups in total. The van der Waals surface area contributed by atoms with Gasteiger partial charge in [-0.2, -0.15) is 13.2 Å². The van der Waals surface area contributed by atoms with Crippen LogP contribution in [0, 0.1) is 17.6 Å². The van der Waals surface area contributed by atoms with E-state index in [1.54, 1.807) is 13.8 Å². The van der Waals surface area contributed by atoms with Gasteiger partial charge in [-0.3, -0.25) is 0 Å². The van der Waals surface area contributed by atoms with Crippen molar-refractivity contribution in [3.8, 4) is 11.7 Å². The van der Waals surface area contributed by atoms with Gasteiger partial charge in [-0.05, 0) is 19.1 Å². The molecule has 0 radical (unpaired) electrons. The standard InChI is InChI=1S/C10H15F3OS/c1-6-15-9(3,4)8(14-5)7(2)10(11,12)13/h1,7-8H,2-5H3. The Hall–Kier alpha value is -0.340. The number of halogens is 3. The molecular formula is C10H15F3OS. The highest BCUT2D eigenvalue weighted by atomic mass is 32.2. The molecule has 1 nitrogen and oxygen atoms in total. The number of methoxy groups -OCH3 is 1. The van der Waals surface area contributed by atoms with Crippen LogP contribution in [0.15, 0.2) is 0 Å². The molecule has 0 aliphatic rings. The molecule has 0 aliphatic heterocycles. The molecule has 0 aromatic heterocycles. The van der Waals surface area contributed by atoms with E-state index < -0.39 is 22.9 Å². The molecule has 0 heterocycles. The van der Waals surface area contributed by atoms with E-state index in [1.807, 2.05) is 0 Å². The third-order valence-electron chi connectivity index (χ3n) is 2.23. The number of alkyl halides is 3. The van der Waals surface area contributed by atoms with Crippen molar-refractivity contribution in [1.29, 1.82) is 0 Å². The van der Waals surface area contributed by atoms with Crippen molar-refractivity contribution < 1.29 is 17.9 Å². The summed E-state index contributed by atoms with van der Waals surface area (Å²) in [6.07, 6.45) is -0.138. The van der Waals surface area contributed by atoms with E-state index in [9.17, 15) is 13.2 Å². The minimum Gasteiger partial charge on any atom is -0.379 e. The summed E-state index contributed by atoms with van der Waals surface area (Å²) in [6, 6.07) is 0.